The molecule has 1 aliphatic carbocycles. The summed E-state index contributed by atoms with van der Waals surface area (Å²) in [4.78, 5) is 36.8. The van der Waals surface area contributed by atoms with Crippen LogP contribution in [-0.2, 0) is 30.2 Å². The largest absolute Gasteiger partial charge is 0.515 e. The van der Waals surface area contributed by atoms with Crippen molar-refractivity contribution < 1.29 is 28.6 Å². The van der Waals surface area contributed by atoms with Crippen LogP contribution < -0.4 is 11.1 Å². The third-order valence-electron chi connectivity index (χ3n) is 4.53. The van der Waals surface area contributed by atoms with E-state index < -0.39 is 29.4 Å². The number of esters is 2. The number of hydrogen-bond acceptors (Lipinski definition) is 8. The Morgan fingerprint density at radius 3 is 2.30 bits per heavy atom. The van der Waals surface area contributed by atoms with Gasteiger partial charge in [0, 0.05) is 5.69 Å². The Morgan fingerprint density at radius 2 is 1.63 bits per heavy atom. The van der Waals surface area contributed by atoms with Gasteiger partial charge in [-0.2, -0.15) is 0 Å². The molecule has 158 valence electrons. The monoisotopic (exact) mass is 412 g/mol. The highest BCUT2D eigenvalue weighted by Gasteiger charge is 2.48. The van der Waals surface area contributed by atoms with E-state index in [0.29, 0.717) is 5.69 Å². The number of methoxy groups -OCH3 is 1. The van der Waals surface area contributed by atoms with Crippen LogP contribution in [0, 0.1) is 0 Å². The molecule has 3 rings (SSSR count). The molecule has 0 fully saturated rings. The molecule has 0 radical (unpaired) electrons. The number of carbonyl (C=O) groups is 3. The molecule has 0 saturated carbocycles. The molecule has 0 aliphatic heterocycles. The normalized spacial score (nSPS) is 14.0. The van der Waals surface area contributed by atoms with Crippen molar-refractivity contribution in [2.75, 3.05) is 12.4 Å². The van der Waals surface area contributed by atoms with E-state index >= 15 is 0 Å². The Kier molecular flexibility index (Phi) is 5.54. The third kappa shape index (κ3) is 4.28. The topological polar surface area (TPSA) is 117 Å². The van der Waals surface area contributed by atoms with Crippen molar-refractivity contribution in [3.8, 4) is 11.1 Å². The predicted molar refractivity (Wildman–Crippen MR) is 110 cm³/mol. The minimum atomic E-state index is -2.46. The molecule has 1 aliphatic rings. The zero-order chi connectivity index (χ0) is 22.1. The highest BCUT2D eigenvalue weighted by molar-refractivity contribution is 6.09. The molecule has 1 atom stereocenters. The number of hydrogen-bond donors (Lipinski definition) is 2. The van der Waals surface area contributed by atoms with Gasteiger partial charge >= 0.3 is 18.1 Å². The van der Waals surface area contributed by atoms with Gasteiger partial charge in [-0.3, -0.25) is 5.73 Å². The van der Waals surface area contributed by atoms with Gasteiger partial charge in [0.2, 0.25) is 0 Å². The molecule has 2 aromatic carbocycles. The summed E-state index contributed by atoms with van der Waals surface area (Å²) in [6.45, 7) is 4.88. The van der Waals surface area contributed by atoms with E-state index in [0.717, 1.165) is 30.2 Å². The van der Waals surface area contributed by atoms with Crippen LogP contribution in [0.4, 0.5) is 10.5 Å². The molecule has 0 amide bonds. The second-order valence-electron chi connectivity index (χ2n) is 7.98. The van der Waals surface area contributed by atoms with Crippen molar-refractivity contribution in [3.05, 3.63) is 53.6 Å². The lowest BCUT2D eigenvalue weighted by Gasteiger charge is -2.30. The maximum atomic E-state index is 12.8. The number of ether oxygens (including phenoxy) is 3. The van der Waals surface area contributed by atoms with Crippen molar-refractivity contribution >= 4 is 23.8 Å². The van der Waals surface area contributed by atoms with Crippen LogP contribution >= 0.6 is 0 Å². The number of rotatable bonds is 4. The second kappa shape index (κ2) is 7.79. The Balaban J connectivity index is 1.95. The van der Waals surface area contributed by atoms with Crippen molar-refractivity contribution in [1.29, 1.82) is 0 Å². The highest BCUT2D eigenvalue weighted by Crippen LogP contribution is 2.38. The first-order valence-corrected chi connectivity index (χ1v) is 9.35. The lowest BCUT2D eigenvalue weighted by atomic mass is 10.0. The van der Waals surface area contributed by atoms with Gasteiger partial charge in [0.15, 0.2) is 0 Å². The van der Waals surface area contributed by atoms with Crippen LogP contribution in [0.25, 0.3) is 11.1 Å². The van der Waals surface area contributed by atoms with Crippen LogP contribution in [0.1, 0.15) is 31.9 Å². The van der Waals surface area contributed by atoms with Gasteiger partial charge in [0.1, 0.15) is 5.60 Å². The molecule has 30 heavy (non-hydrogen) atoms. The lowest BCUT2D eigenvalue weighted by Crippen LogP contribution is -2.63. The summed E-state index contributed by atoms with van der Waals surface area (Å²) >= 11 is 0. The average Bonchev–Trinajstić information content (AvgIpc) is 3.04. The van der Waals surface area contributed by atoms with Gasteiger partial charge in [0.05, 0.1) is 7.11 Å². The van der Waals surface area contributed by atoms with E-state index in [-0.39, 0.29) is 0 Å². The fraction of sp³-hybridized carbons (Fsp3) is 0.318. The molecule has 0 saturated heterocycles. The fourth-order valence-corrected chi connectivity index (χ4v) is 3.17. The Morgan fingerprint density at radius 1 is 0.967 bits per heavy atom. The lowest BCUT2D eigenvalue weighted by molar-refractivity contribution is -0.168. The molecule has 8 heteroatoms. The first kappa shape index (κ1) is 21.3. The fourth-order valence-electron chi connectivity index (χ4n) is 3.17. The van der Waals surface area contributed by atoms with E-state index in [9.17, 15) is 14.4 Å². The standard InChI is InChI=1S/C22H24N2O6/c1-21(2,3)30-19(26)22(23,18(25)29-20(27)28-4)24-15-10-9-14-11-13-7-5-6-8-16(13)17(14)12-15/h5-10,12,24H,11,23H2,1-4H3. The minimum absolute atomic E-state index is 0.389. The third-order valence-corrected chi connectivity index (χ3v) is 4.53. The summed E-state index contributed by atoms with van der Waals surface area (Å²) in [5.41, 5.74) is 7.42. The number of fused-ring (bicyclic) bond motifs is 3. The number of carbonyl (C=O) groups excluding carboxylic acids is 3. The van der Waals surface area contributed by atoms with E-state index in [2.05, 4.69) is 14.8 Å². The zero-order valence-electron chi connectivity index (χ0n) is 17.3. The number of anilines is 1. The second-order valence-corrected chi connectivity index (χ2v) is 7.98. The zero-order valence-corrected chi connectivity index (χ0v) is 17.3. The Labute approximate surface area is 174 Å². The van der Waals surface area contributed by atoms with Gasteiger partial charge in [-0.1, -0.05) is 30.3 Å². The summed E-state index contributed by atoms with van der Waals surface area (Å²) in [6, 6.07) is 13.3. The number of nitrogens with two attached hydrogens (primary N) is 1. The van der Waals surface area contributed by atoms with Gasteiger partial charge in [0.25, 0.3) is 5.66 Å². The van der Waals surface area contributed by atoms with Crippen LogP contribution in [0.2, 0.25) is 0 Å². The first-order valence-electron chi connectivity index (χ1n) is 9.35. The molecule has 8 nitrogen and oxygen atoms in total. The van der Waals surface area contributed by atoms with E-state index in [1.54, 1.807) is 32.9 Å². The molecular weight excluding hydrogens is 388 g/mol. The summed E-state index contributed by atoms with van der Waals surface area (Å²) in [5, 5.41) is 2.69. The van der Waals surface area contributed by atoms with Gasteiger partial charge in [-0.25, -0.2) is 14.4 Å². The summed E-state index contributed by atoms with van der Waals surface area (Å²) < 4.78 is 14.1. The van der Waals surface area contributed by atoms with E-state index in [1.807, 2.05) is 30.3 Å². The minimum Gasteiger partial charge on any atom is -0.457 e. The Bertz CT molecular complexity index is 1010. The van der Waals surface area contributed by atoms with Gasteiger partial charge in [-0.05, 0) is 61.6 Å². The smallest absolute Gasteiger partial charge is 0.457 e. The highest BCUT2D eigenvalue weighted by atomic mass is 16.7. The Hall–Kier alpha value is -3.39. The van der Waals surface area contributed by atoms with Crippen molar-refractivity contribution in [2.24, 2.45) is 5.73 Å². The van der Waals surface area contributed by atoms with Gasteiger partial charge < -0.3 is 19.5 Å². The summed E-state index contributed by atoms with van der Waals surface area (Å²) in [6.07, 6.45) is -0.501. The van der Waals surface area contributed by atoms with Gasteiger partial charge in [-0.15, -0.1) is 0 Å². The molecule has 0 bridgehead atoms. The SMILES string of the molecule is COC(=O)OC(=O)C(N)(Nc1ccc2c(c1)-c1ccccc1C2)C(=O)OC(C)(C)C. The van der Waals surface area contributed by atoms with E-state index in [1.165, 1.54) is 5.56 Å². The quantitative estimate of drug-likeness (QED) is 0.382. The number of nitrogens with one attached hydrogen (secondary N) is 1. The molecule has 0 heterocycles. The number of benzene rings is 2. The molecule has 2 aromatic rings. The maximum Gasteiger partial charge on any atom is 0.515 e. The van der Waals surface area contributed by atoms with Crippen LogP contribution in [-0.4, -0.2) is 36.5 Å². The van der Waals surface area contributed by atoms with Crippen molar-refractivity contribution in [2.45, 2.75) is 38.5 Å². The molecular formula is C22H24N2O6. The first-order chi connectivity index (χ1) is 14.0. The summed E-state index contributed by atoms with van der Waals surface area (Å²) in [5.74, 6) is -2.44. The molecule has 3 N–H and O–H groups in total. The maximum absolute atomic E-state index is 12.8. The summed E-state index contributed by atoms with van der Waals surface area (Å²) in [7, 11) is 1.03. The van der Waals surface area contributed by atoms with Crippen LogP contribution in [0.3, 0.4) is 0 Å². The van der Waals surface area contributed by atoms with Crippen molar-refractivity contribution in [1.82, 2.24) is 0 Å². The predicted octanol–water partition coefficient (Wildman–Crippen LogP) is 2.98. The molecule has 0 spiro atoms. The van der Waals surface area contributed by atoms with E-state index in [4.69, 9.17) is 10.5 Å². The van der Waals surface area contributed by atoms with Crippen LogP contribution in [0.15, 0.2) is 42.5 Å². The van der Waals surface area contributed by atoms with Crippen molar-refractivity contribution in [3.63, 3.8) is 0 Å². The average molecular weight is 412 g/mol. The van der Waals surface area contributed by atoms with Crippen LogP contribution in [0.5, 0.6) is 0 Å². The molecule has 0 aromatic heterocycles. The molecule has 1 unspecified atom stereocenters.